The van der Waals surface area contributed by atoms with Crippen LogP contribution in [0.5, 0.6) is 5.75 Å². The first kappa shape index (κ1) is 25.1. The van der Waals surface area contributed by atoms with E-state index in [1.807, 2.05) is 18.2 Å². The standard InChI is InChI=1S/C26H28BrN3O5S/c1-14(13-31)30-22(24(33)29-16-8-10-17(35-2)11-9-16)26-12-18(27)21(36-26)19(20(26)25(30)34)23(32)28-15-6-4-3-5-7-15/h3-11,14,18-22,31H,12-13H2,1-2H3,(H,28,32)(H,29,33)/t14-,18?,19-,20+,21-,22?,26?/m1/s1. The topological polar surface area (TPSA) is 108 Å². The first-order valence-electron chi connectivity index (χ1n) is 11.9. The Bertz CT molecular complexity index is 1170. The van der Waals surface area contributed by atoms with E-state index >= 15 is 0 Å². The number of rotatable bonds is 7. The molecule has 190 valence electrons. The summed E-state index contributed by atoms with van der Waals surface area (Å²) in [6.45, 7) is 1.44. The van der Waals surface area contributed by atoms with Crippen LogP contribution in [0.1, 0.15) is 13.3 Å². The Morgan fingerprint density at radius 3 is 2.42 bits per heavy atom. The Morgan fingerprint density at radius 2 is 1.78 bits per heavy atom. The summed E-state index contributed by atoms with van der Waals surface area (Å²) in [4.78, 5) is 42.7. The lowest BCUT2D eigenvalue weighted by atomic mass is 9.70. The van der Waals surface area contributed by atoms with E-state index in [-0.39, 0.29) is 34.4 Å². The summed E-state index contributed by atoms with van der Waals surface area (Å²) in [6.07, 6.45) is 0.573. The fraction of sp³-hybridized carbons (Fsp3) is 0.423. The fourth-order valence-corrected chi connectivity index (χ4v) is 9.46. The first-order chi connectivity index (χ1) is 17.3. The molecular weight excluding hydrogens is 546 g/mol. The molecule has 3 aliphatic rings. The van der Waals surface area contributed by atoms with Gasteiger partial charge in [0.25, 0.3) is 0 Å². The van der Waals surface area contributed by atoms with E-state index in [2.05, 4.69) is 26.6 Å². The maximum absolute atomic E-state index is 13.9. The minimum absolute atomic E-state index is 0.0289. The predicted octanol–water partition coefficient (Wildman–Crippen LogP) is 3.12. The van der Waals surface area contributed by atoms with Gasteiger partial charge in [0.2, 0.25) is 17.7 Å². The van der Waals surface area contributed by atoms with Gasteiger partial charge in [-0.1, -0.05) is 34.1 Å². The Balaban J connectivity index is 1.49. The van der Waals surface area contributed by atoms with Crippen LogP contribution < -0.4 is 15.4 Å². The number of benzene rings is 2. The van der Waals surface area contributed by atoms with Crippen molar-refractivity contribution < 1.29 is 24.2 Å². The summed E-state index contributed by atoms with van der Waals surface area (Å²) >= 11 is 5.31. The Hall–Kier alpha value is -2.56. The highest BCUT2D eigenvalue weighted by Crippen LogP contribution is 2.68. The molecule has 2 aromatic carbocycles. The summed E-state index contributed by atoms with van der Waals surface area (Å²) in [5.74, 6) is -1.41. The van der Waals surface area contributed by atoms with Crippen molar-refractivity contribution in [2.45, 2.75) is 40.3 Å². The quantitative estimate of drug-likeness (QED) is 0.439. The molecule has 0 aliphatic carbocycles. The number of methoxy groups -OCH3 is 1. The van der Waals surface area contributed by atoms with Gasteiger partial charge in [-0.05, 0) is 49.7 Å². The molecular formula is C26H28BrN3O5S. The number of nitrogens with one attached hydrogen (secondary N) is 2. The molecule has 10 heteroatoms. The van der Waals surface area contributed by atoms with Crippen molar-refractivity contribution in [1.82, 2.24) is 4.90 Å². The number of aliphatic hydroxyl groups is 1. The summed E-state index contributed by atoms with van der Waals surface area (Å²) < 4.78 is 4.41. The highest BCUT2D eigenvalue weighted by atomic mass is 79.9. The highest BCUT2D eigenvalue weighted by Gasteiger charge is 2.76. The van der Waals surface area contributed by atoms with Crippen LogP contribution in [0.25, 0.3) is 0 Å². The summed E-state index contributed by atoms with van der Waals surface area (Å²) in [7, 11) is 1.57. The van der Waals surface area contributed by atoms with Crippen molar-refractivity contribution in [2.24, 2.45) is 11.8 Å². The molecule has 3 N–H and O–H groups in total. The van der Waals surface area contributed by atoms with Crippen molar-refractivity contribution in [3.05, 3.63) is 54.6 Å². The number of aliphatic hydroxyl groups excluding tert-OH is 1. The van der Waals surface area contributed by atoms with Gasteiger partial charge >= 0.3 is 0 Å². The van der Waals surface area contributed by atoms with Crippen molar-refractivity contribution >= 4 is 56.8 Å². The summed E-state index contributed by atoms with van der Waals surface area (Å²) in [6, 6.07) is 14.7. The maximum Gasteiger partial charge on any atom is 0.248 e. The molecule has 0 aromatic heterocycles. The van der Waals surface area contributed by atoms with Gasteiger partial charge in [-0.25, -0.2) is 0 Å². The van der Waals surface area contributed by atoms with E-state index in [1.54, 1.807) is 62.2 Å². The molecule has 3 unspecified atom stereocenters. The second-order valence-electron chi connectivity index (χ2n) is 9.51. The number of halogens is 1. The van der Waals surface area contributed by atoms with Gasteiger partial charge < -0.3 is 25.4 Å². The molecule has 3 amide bonds. The van der Waals surface area contributed by atoms with Crippen LogP contribution in [0, 0.1) is 11.8 Å². The van der Waals surface area contributed by atoms with Gasteiger partial charge in [0.05, 0.1) is 36.3 Å². The minimum Gasteiger partial charge on any atom is -0.497 e. The second-order valence-corrected chi connectivity index (χ2v) is 12.2. The molecule has 3 saturated heterocycles. The Kier molecular flexibility index (Phi) is 6.78. The third kappa shape index (κ3) is 3.99. The molecule has 7 atom stereocenters. The number of amides is 3. The number of hydrogen-bond donors (Lipinski definition) is 3. The SMILES string of the molecule is COc1ccc(NC(=O)C2N([C@H](C)CO)C(=O)[C@@H]3[C@@H](C(=O)Nc4ccccc4)[C@@H]4SC23CC4Br)cc1. The summed E-state index contributed by atoms with van der Waals surface area (Å²) in [5, 5.41) is 15.8. The molecule has 0 radical (unpaired) electrons. The number of nitrogens with zero attached hydrogens (tertiary/aromatic N) is 1. The third-order valence-electron chi connectivity index (χ3n) is 7.42. The zero-order valence-corrected chi connectivity index (χ0v) is 22.3. The number of carbonyl (C=O) groups excluding carboxylic acids is 3. The number of likely N-dealkylation sites (tertiary alicyclic amines) is 1. The van der Waals surface area contributed by atoms with Gasteiger partial charge in [-0.15, -0.1) is 11.8 Å². The van der Waals surface area contributed by atoms with Crippen LogP contribution in [-0.2, 0) is 14.4 Å². The van der Waals surface area contributed by atoms with Crippen LogP contribution in [0.15, 0.2) is 54.6 Å². The lowest BCUT2D eigenvalue weighted by Crippen LogP contribution is -2.54. The monoisotopic (exact) mass is 573 g/mol. The average molecular weight is 574 g/mol. The van der Waals surface area contributed by atoms with E-state index in [4.69, 9.17) is 4.74 Å². The first-order valence-corrected chi connectivity index (χ1v) is 13.7. The van der Waals surface area contributed by atoms with Gasteiger partial charge in [0, 0.05) is 21.5 Å². The zero-order chi connectivity index (χ0) is 25.6. The third-order valence-corrected chi connectivity index (χ3v) is 10.6. The largest absolute Gasteiger partial charge is 0.497 e. The molecule has 1 spiro atoms. The lowest BCUT2D eigenvalue weighted by molar-refractivity contribution is -0.140. The van der Waals surface area contributed by atoms with Gasteiger partial charge in [-0.2, -0.15) is 0 Å². The average Bonchev–Trinajstić information content (AvgIpc) is 3.48. The Labute approximate surface area is 222 Å². The number of ether oxygens (including phenoxy) is 1. The molecule has 3 heterocycles. The van der Waals surface area contributed by atoms with Crippen molar-refractivity contribution in [3.63, 3.8) is 0 Å². The maximum atomic E-state index is 13.9. The van der Waals surface area contributed by atoms with Crippen LogP contribution >= 0.6 is 27.7 Å². The van der Waals surface area contributed by atoms with Crippen molar-refractivity contribution in [1.29, 1.82) is 0 Å². The number of hydrogen-bond acceptors (Lipinski definition) is 6. The zero-order valence-electron chi connectivity index (χ0n) is 19.9. The number of anilines is 2. The molecule has 8 nitrogen and oxygen atoms in total. The minimum atomic E-state index is -0.830. The van der Waals surface area contributed by atoms with Crippen LogP contribution in [0.4, 0.5) is 11.4 Å². The van der Waals surface area contributed by atoms with Gasteiger partial charge in [-0.3, -0.25) is 14.4 Å². The smallest absolute Gasteiger partial charge is 0.248 e. The van der Waals surface area contributed by atoms with Crippen LogP contribution in [-0.4, -0.2) is 68.4 Å². The van der Waals surface area contributed by atoms with Gasteiger partial charge in [0.15, 0.2) is 0 Å². The second kappa shape index (κ2) is 9.72. The van der Waals surface area contributed by atoms with E-state index in [9.17, 15) is 19.5 Å². The fourth-order valence-electron chi connectivity index (χ4n) is 5.86. The van der Waals surface area contributed by atoms with E-state index in [1.165, 1.54) is 4.90 Å². The number of thioether (sulfide) groups is 1. The molecule has 3 aliphatic heterocycles. The Morgan fingerprint density at radius 1 is 1.14 bits per heavy atom. The molecule has 2 aromatic rings. The normalized spacial score (nSPS) is 31.2. The molecule has 36 heavy (non-hydrogen) atoms. The van der Waals surface area contributed by atoms with Crippen LogP contribution in [0.2, 0.25) is 0 Å². The van der Waals surface area contributed by atoms with Crippen molar-refractivity contribution in [3.8, 4) is 5.75 Å². The van der Waals surface area contributed by atoms with E-state index in [0.717, 1.165) is 0 Å². The molecule has 5 rings (SSSR count). The van der Waals surface area contributed by atoms with Gasteiger partial charge in [0.1, 0.15) is 11.8 Å². The van der Waals surface area contributed by atoms with Crippen molar-refractivity contribution in [2.75, 3.05) is 24.4 Å². The highest BCUT2D eigenvalue weighted by molar-refractivity contribution is 9.09. The molecule has 0 saturated carbocycles. The molecule has 2 bridgehead atoms. The lowest BCUT2D eigenvalue weighted by Gasteiger charge is -2.36. The molecule has 3 fully saturated rings. The predicted molar refractivity (Wildman–Crippen MR) is 142 cm³/mol. The number of para-hydroxylation sites is 1. The van der Waals surface area contributed by atoms with E-state index in [0.29, 0.717) is 23.5 Å². The number of carbonyl (C=O) groups is 3. The number of alkyl halides is 1. The van der Waals surface area contributed by atoms with Crippen LogP contribution in [0.3, 0.4) is 0 Å². The summed E-state index contributed by atoms with van der Waals surface area (Å²) in [5.41, 5.74) is 1.24. The number of fused-ring (bicyclic) bond motifs is 1. The van der Waals surface area contributed by atoms with E-state index < -0.39 is 28.7 Å².